The summed E-state index contributed by atoms with van der Waals surface area (Å²) in [6, 6.07) is -0.829. The molecule has 2 fully saturated rings. The molecule has 2 aliphatic heterocycles. The number of rotatable bonds is 3. The van der Waals surface area contributed by atoms with Crippen molar-refractivity contribution in [2.75, 3.05) is 32.8 Å². The van der Waals surface area contributed by atoms with E-state index in [2.05, 4.69) is 10.6 Å². The monoisotopic (exact) mass is 291 g/mol. The molecule has 0 saturated carbocycles. The second-order valence-corrected chi connectivity index (χ2v) is 5.21. The molecule has 0 aliphatic carbocycles. The second-order valence-electron chi connectivity index (χ2n) is 5.21. The Morgan fingerprint density at radius 3 is 2.85 bits per heavy atom. The highest BCUT2D eigenvalue weighted by Crippen LogP contribution is 2.26. The minimum absolute atomic E-state index is 0.172. The van der Waals surface area contributed by atoms with Crippen molar-refractivity contribution in [3.63, 3.8) is 0 Å². The first-order chi connectivity index (χ1) is 9.37. The number of nitrogens with zero attached hydrogens (tertiary/aromatic N) is 1. The molecular weight excluding hydrogens is 272 g/mol. The van der Waals surface area contributed by atoms with Gasteiger partial charge in [0.15, 0.2) is 0 Å². The Hall–Kier alpha value is -1.28. The lowest BCUT2D eigenvalue weighted by molar-refractivity contribution is -0.141. The summed E-state index contributed by atoms with van der Waals surface area (Å²) in [4.78, 5) is 24.5. The lowest BCUT2D eigenvalue weighted by atomic mass is 10.1. The molecule has 0 bridgehead atoms. The van der Waals surface area contributed by atoms with Crippen molar-refractivity contribution >= 4 is 11.8 Å². The Morgan fingerprint density at radius 2 is 2.25 bits per heavy atom. The Morgan fingerprint density at radius 1 is 1.50 bits per heavy atom. The van der Waals surface area contributed by atoms with Gasteiger partial charge in [-0.3, -0.25) is 14.9 Å². The maximum absolute atomic E-state index is 13.1. The zero-order chi connectivity index (χ0) is 14.8. The van der Waals surface area contributed by atoms with Crippen molar-refractivity contribution < 1.29 is 23.1 Å². The Kier molecular flexibility index (Phi) is 4.54. The zero-order valence-corrected chi connectivity index (χ0v) is 11.3. The van der Waals surface area contributed by atoms with E-state index in [0.29, 0.717) is 26.2 Å². The molecule has 2 amide bonds. The van der Waals surface area contributed by atoms with E-state index in [0.717, 1.165) is 0 Å². The van der Waals surface area contributed by atoms with Gasteiger partial charge in [0.25, 0.3) is 5.92 Å². The smallest absolute Gasteiger partial charge is 0.262 e. The fourth-order valence-electron chi connectivity index (χ4n) is 2.41. The third-order valence-corrected chi connectivity index (χ3v) is 3.44. The van der Waals surface area contributed by atoms with Crippen LogP contribution in [0.3, 0.4) is 0 Å². The fraction of sp³-hybridized carbons (Fsp3) is 0.833. The molecule has 0 spiro atoms. The third-order valence-electron chi connectivity index (χ3n) is 3.44. The standard InChI is InChI=1S/C12H19F2N3O3/c1-8(18)15-5-9-6-17(2-3-20-9)11(19)10-4-12(13,14)7-16-10/h9-10,16H,2-7H2,1H3,(H,15,18). The molecule has 0 radical (unpaired) electrons. The largest absolute Gasteiger partial charge is 0.373 e. The number of carbonyl (C=O) groups is 2. The number of ether oxygens (including phenoxy) is 1. The minimum Gasteiger partial charge on any atom is -0.373 e. The number of nitrogens with one attached hydrogen (secondary N) is 2. The molecule has 0 aromatic carbocycles. The van der Waals surface area contributed by atoms with Crippen LogP contribution >= 0.6 is 0 Å². The first kappa shape index (κ1) is 15.1. The molecule has 2 heterocycles. The predicted octanol–water partition coefficient (Wildman–Crippen LogP) is -0.653. The minimum atomic E-state index is -2.82. The fourth-order valence-corrected chi connectivity index (χ4v) is 2.41. The van der Waals surface area contributed by atoms with Crippen molar-refractivity contribution in [1.82, 2.24) is 15.5 Å². The van der Waals surface area contributed by atoms with E-state index in [1.54, 1.807) is 0 Å². The highest BCUT2D eigenvalue weighted by molar-refractivity contribution is 5.82. The van der Waals surface area contributed by atoms with E-state index in [-0.39, 0.29) is 17.9 Å². The highest BCUT2D eigenvalue weighted by atomic mass is 19.3. The Labute approximate surface area is 115 Å². The number of hydrogen-bond donors (Lipinski definition) is 2. The normalized spacial score (nSPS) is 29.2. The Balaban J connectivity index is 1.85. The van der Waals surface area contributed by atoms with Gasteiger partial charge in [-0.1, -0.05) is 0 Å². The lowest BCUT2D eigenvalue weighted by Gasteiger charge is -2.34. The van der Waals surface area contributed by atoms with Crippen LogP contribution in [0.15, 0.2) is 0 Å². The molecule has 20 heavy (non-hydrogen) atoms. The van der Waals surface area contributed by atoms with Crippen molar-refractivity contribution in [3.8, 4) is 0 Å². The molecule has 2 unspecified atom stereocenters. The molecule has 0 aromatic rings. The van der Waals surface area contributed by atoms with Crippen LogP contribution in [0.4, 0.5) is 8.78 Å². The van der Waals surface area contributed by atoms with Crippen molar-refractivity contribution in [1.29, 1.82) is 0 Å². The Bertz CT molecular complexity index is 392. The number of hydrogen-bond acceptors (Lipinski definition) is 4. The summed E-state index contributed by atoms with van der Waals surface area (Å²) in [5, 5.41) is 5.18. The maximum atomic E-state index is 13.1. The summed E-state index contributed by atoms with van der Waals surface area (Å²) < 4.78 is 31.6. The van der Waals surface area contributed by atoms with Gasteiger partial charge in [0.05, 0.1) is 25.3 Å². The van der Waals surface area contributed by atoms with Gasteiger partial charge in [0.1, 0.15) is 0 Å². The van der Waals surface area contributed by atoms with Crippen molar-refractivity contribution in [2.24, 2.45) is 0 Å². The molecule has 114 valence electrons. The van der Waals surface area contributed by atoms with Gasteiger partial charge < -0.3 is 15.0 Å². The second kappa shape index (κ2) is 6.01. The van der Waals surface area contributed by atoms with Gasteiger partial charge in [-0.15, -0.1) is 0 Å². The number of carbonyl (C=O) groups excluding carboxylic acids is 2. The maximum Gasteiger partial charge on any atom is 0.262 e. The van der Waals surface area contributed by atoms with Gasteiger partial charge in [0.2, 0.25) is 11.8 Å². The van der Waals surface area contributed by atoms with Gasteiger partial charge >= 0.3 is 0 Å². The van der Waals surface area contributed by atoms with Crippen LogP contribution in [0.1, 0.15) is 13.3 Å². The molecule has 0 aromatic heterocycles. The lowest BCUT2D eigenvalue weighted by Crippen LogP contribution is -2.53. The van der Waals surface area contributed by atoms with E-state index in [9.17, 15) is 18.4 Å². The molecule has 6 nitrogen and oxygen atoms in total. The summed E-state index contributed by atoms with van der Waals surface area (Å²) >= 11 is 0. The molecule has 2 saturated heterocycles. The third kappa shape index (κ3) is 3.86. The van der Waals surface area contributed by atoms with Crippen LogP contribution in [0, 0.1) is 0 Å². The first-order valence-electron chi connectivity index (χ1n) is 6.63. The molecular formula is C12H19F2N3O3. The summed E-state index contributed by atoms with van der Waals surface area (Å²) in [5.41, 5.74) is 0. The van der Waals surface area contributed by atoms with Crippen LogP contribution in [0.25, 0.3) is 0 Å². The van der Waals surface area contributed by atoms with E-state index >= 15 is 0 Å². The molecule has 2 aliphatic rings. The zero-order valence-electron chi connectivity index (χ0n) is 11.3. The summed E-state index contributed by atoms with van der Waals surface area (Å²) in [6.07, 6.45) is -0.752. The summed E-state index contributed by atoms with van der Waals surface area (Å²) in [7, 11) is 0. The number of amides is 2. The van der Waals surface area contributed by atoms with Crippen LogP contribution in [0.5, 0.6) is 0 Å². The molecule has 8 heteroatoms. The molecule has 2 N–H and O–H groups in total. The quantitative estimate of drug-likeness (QED) is 0.725. The van der Waals surface area contributed by atoms with E-state index in [1.165, 1.54) is 11.8 Å². The first-order valence-corrected chi connectivity index (χ1v) is 6.63. The SMILES string of the molecule is CC(=O)NCC1CN(C(=O)C2CC(F)(F)CN2)CCO1. The van der Waals surface area contributed by atoms with Gasteiger partial charge in [-0.25, -0.2) is 8.78 Å². The van der Waals surface area contributed by atoms with Crippen LogP contribution in [-0.4, -0.2) is 67.6 Å². The van der Waals surface area contributed by atoms with Crippen LogP contribution < -0.4 is 10.6 Å². The predicted molar refractivity (Wildman–Crippen MR) is 66.4 cm³/mol. The van der Waals surface area contributed by atoms with Crippen LogP contribution in [-0.2, 0) is 14.3 Å². The van der Waals surface area contributed by atoms with E-state index in [1.807, 2.05) is 0 Å². The molecule has 2 atom stereocenters. The average molecular weight is 291 g/mol. The van der Waals surface area contributed by atoms with Gasteiger partial charge in [0, 0.05) is 33.0 Å². The topological polar surface area (TPSA) is 70.7 Å². The van der Waals surface area contributed by atoms with E-state index < -0.39 is 24.9 Å². The number of alkyl halides is 2. The van der Waals surface area contributed by atoms with Crippen LogP contribution in [0.2, 0.25) is 0 Å². The summed E-state index contributed by atoms with van der Waals surface area (Å²) in [5.74, 6) is -3.31. The average Bonchev–Trinajstić information content (AvgIpc) is 2.76. The van der Waals surface area contributed by atoms with Crippen molar-refractivity contribution in [2.45, 2.75) is 31.4 Å². The van der Waals surface area contributed by atoms with Gasteiger partial charge in [-0.2, -0.15) is 0 Å². The highest BCUT2D eigenvalue weighted by Gasteiger charge is 2.44. The number of morpholine rings is 1. The van der Waals surface area contributed by atoms with Gasteiger partial charge in [-0.05, 0) is 0 Å². The summed E-state index contributed by atoms with van der Waals surface area (Å²) in [6.45, 7) is 2.30. The van der Waals surface area contributed by atoms with E-state index in [4.69, 9.17) is 4.74 Å². The van der Waals surface area contributed by atoms with Crippen molar-refractivity contribution in [3.05, 3.63) is 0 Å². The number of halogens is 2. The molecule has 2 rings (SSSR count).